The molecule has 1 aromatic carbocycles. The summed E-state index contributed by atoms with van der Waals surface area (Å²) in [5.41, 5.74) is 1.42. The van der Waals surface area contributed by atoms with Crippen molar-refractivity contribution in [2.45, 2.75) is 63.3 Å². The molecule has 3 amide bonds. The Morgan fingerprint density at radius 1 is 1.17 bits per heavy atom. The van der Waals surface area contributed by atoms with E-state index in [-0.39, 0.29) is 37.0 Å². The van der Waals surface area contributed by atoms with Gasteiger partial charge in [0.2, 0.25) is 11.8 Å². The van der Waals surface area contributed by atoms with Gasteiger partial charge in [-0.05, 0) is 49.4 Å². The van der Waals surface area contributed by atoms with E-state index in [0.29, 0.717) is 30.8 Å². The van der Waals surface area contributed by atoms with Crippen LogP contribution in [0.15, 0.2) is 18.2 Å². The molecule has 1 aromatic rings. The van der Waals surface area contributed by atoms with Crippen molar-refractivity contribution in [3.8, 4) is 5.75 Å². The van der Waals surface area contributed by atoms with Crippen LogP contribution in [0.5, 0.6) is 5.75 Å². The van der Waals surface area contributed by atoms with Crippen LogP contribution in [-0.2, 0) is 16.1 Å². The van der Waals surface area contributed by atoms with Crippen LogP contribution in [0.4, 0.5) is 0 Å². The number of hydrogen-bond donors (Lipinski definition) is 3. The maximum Gasteiger partial charge on any atom is 0.255 e. The first-order valence-corrected chi connectivity index (χ1v) is 10.4. The lowest BCUT2D eigenvalue weighted by molar-refractivity contribution is -0.136. The van der Waals surface area contributed by atoms with Gasteiger partial charge in [0.25, 0.3) is 5.91 Å². The molecule has 3 aliphatic rings. The Morgan fingerprint density at radius 3 is 2.79 bits per heavy atom. The number of benzene rings is 1. The van der Waals surface area contributed by atoms with Crippen LogP contribution in [0.25, 0.3) is 0 Å². The van der Waals surface area contributed by atoms with Gasteiger partial charge in [-0.1, -0.05) is 6.42 Å². The Balaban J connectivity index is 1.46. The summed E-state index contributed by atoms with van der Waals surface area (Å²) in [5, 5.41) is 14.8. The number of piperidine rings is 1. The molecule has 1 saturated carbocycles. The lowest BCUT2D eigenvalue weighted by atomic mass is 9.92. The van der Waals surface area contributed by atoms with Gasteiger partial charge in [-0.3, -0.25) is 19.7 Å². The van der Waals surface area contributed by atoms with E-state index in [1.165, 1.54) is 0 Å². The van der Waals surface area contributed by atoms with Crippen LogP contribution in [0.2, 0.25) is 0 Å². The van der Waals surface area contributed by atoms with Crippen LogP contribution in [0.1, 0.15) is 54.4 Å². The summed E-state index contributed by atoms with van der Waals surface area (Å²) in [6.07, 6.45) is 4.83. The highest BCUT2D eigenvalue weighted by molar-refractivity contribution is 6.05. The number of aliphatic hydroxyl groups excluding tert-OH is 1. The summed E-state index contributed by atoms with van der Waals surface area (Å²) in [6.45, 7) is 0.985. The number of ether oxygens (including phenoxy) is 1. The number of fused-ring (bicyclic) bond motifs is 1. The number of hydrogen-bond acceptors (Lipinski definition) is 6. The zero-order valence-corrected chi connectivity index (χ0v) is 16.4. The fraction of sp³-hybridized carbons (Fsp3) is 0.571. The molecule has 3 N–H and O–H groups in total. The first kappa shape index (κ1) is 19.8. The molecule has 3 atom stereocenters. The predicted molar refractivity (Wildman–Crippen MR) is 104 cm³/mol. The zero-order chi connectivity index (χ0) is 20.4. The quantitative estimate of drug-likeness (QED) is 0.607. The second kappa shape index (κ2) is 8.51. The standard InChI is InChI=1S/C21H27N3O5/c25-10-9-22-16-3-1-2-4-18(16)29-14-5-6-15-13(11-14)12-24(21(15)28)17-7-8-19(26)23-20(17)27/h5-6,11,16-18,22,25H,1-4,7-10,12H2,(H,23,26,27)/t16-,17?,18+/m0/s1. The van der Waals surface area contributed by atoms with Crippen LogP contribution in [0.3, 0.4) is 0 Å². The van der Waals surface area contributed by atoms with E-state index >= 15 is 0 Å². The summed E-state index contributed by atoms with van der Waals surface area (Å²) >= 11 is 0. The molecule has 2 heterocycles. The molecule has 1 saturated heterocycles. The molecular formula is C21H27N3O5. The molecule has 2 aliphatic heterocycles. The van der Waals surface area contributed by atoms with Crippen molar-refractivity contribution in [2.75, 3.05) is 13.2 Å². The van der Waals surface area contributed by atoms with Gasteiger partial charge in [0.1, 0.15) is 17.9 Å². The van der Waals surface area contributed by atoms with Gasteiger partial charge in [-0.2, -0.15) is 0 Å². The summed E-state index contributed by atoms with van der Waals surface area (Å²) in [4.78, 5) is 37.9. The number of carbonyl (C=O) groups excluding carboxylic acids is 3. The number of rotatable bonds is 6. The van der Waals surface area contributed by atoms with E-state index in [0.717, 1.165) is 31.2 Å². The van der Waals surface area contributed by atoms with E-state index in [2.05, 4.69) is 10.6 Å². The SMILES string of the molecule is O=C1CCC(N2Cc3cc(O[C@@H]4CCCC[C@@H]4NCCO)ccc3C2=O)C(=O)N1. The minimum atomic E-state index is -0.609. The lowest BCUT2D eigenvalue weighted by Crippen LogP contribution is -2.52. The predicted octanol–water partition coefficient (Wildman–Crippen LogP) is 0.720. The Labute approximate surface area is 169 Å². The molecule has 156 valence electrons. The Hall–Kier alpha value is -2.45. The number of imide groups is 1. The van der Waals surface area contributed by atoms with E-state index in [1.807, 2.05) is 12.1 Å². The first-order chi connectivity index (χ1) is 14.1. The van der Waals surface area contributed by atoms with Crippen molar-refractivity contribution in [2.24, 2.45) is 0 Å². The van der Waals surface area contributed by atoms with E-state index in [9.17, 15) is 14.4 Å². The molecule has 2 fully saturated rings. The molecule has 8 nitrogen and oxygen atoms in total. The second-order valence-electron chi connectivity index (χ2n) is 7.94. The number of nitrogens with zero attached hydrogens (tertiary/aromatic N) is 1. The molecule has 4 rings (SSSR count). The molecule has 1 aliphatic carbocycles. The minimum absolute atomic E-state index is 0.0247. The number of carbonyl (C=O) groups is 3. The molecule has 0 aromatic heterocycles. The lowest BCUT2D eigenvalue weighted by Gasteiger charge is -2.32. The van der Waals surface area contributed by atoms with Crippen molar-refractivity contribution >= 4 is 17.7 Å². The topological polar surface area (TPSA) is 108 Å². The largest absolute Gasteiger partial charge is 0.489 e. The van der Waals surface area contributed by atoms with E-state index in [1.54, 1.807) is 11.0 Å². The summed E-state index contributed by atoms with van der Waals surface area (Å²) in [5.74, 6) is -0.160. The first-order valence-electron chi connectivity index (χ1n) is 10.4. The molecule has 0 radical (unpaired) electrons. The summed E-state index contributed by atoms with van der Waals surface area (Å²) in [6, 6.07) is 5.05. The molecule has 0 bridgehead atoms. The molecular weight excluding hydrogens is 374 g/mol. The molecule has 0 spiro atoms. The number of aliphatic hydroxyl groups is 1. The van der Waals surface area contributed by atoms with Crippen molar-refractivity contribution < 1.29 is 24.2 Å². The normalized spacial score (nSPS) is 27.0. The Bertz CT molecular complexity index is 812. The number of nitrogens with one attached hydrogen (secondary N) is 2. The fourth-order valence-corrected chi connectivity index (χ4v) is 4.52. The number of amides is 3. The minimum Gasteiger partial charge on any atom is -0.489 e. The maximum atomic E-state index is 12.8. The van der Waals surface area contributed by atoms with Crippen LogP contribution in [0, 0.1) is 0 Å². The van der Waals surface area contributed by atoms with Crippen LogP contribution < -0.4 is 15.4 Å². The zero-order valence-electron chi connectivity index (χ0n) is 16.4. The van der Waals surface area contributed by atoms with Gasteiger partial charge in [0.15, 0.2) is 0 Å². The van der Waals surface area contributed by atoms with Crippen molar-refractivity contribution in [3.63, 3.8) is 0 Å². The Morgan fingerprint density at radius 2 is 2.00 bits per heavy atom. The van der Waals surface area contributed by atoms with Crippen molar-refractivity contribution in [1.29, 1.82) is 0 Å². The third kappa shape index (κ3) is 4.13. The maximum absolute atomic E-state index is 12.8. The van der Waals surface area contributed by atoms with Crippen molar-refractivity contribution in [3.05, 3.63) is 29.3 Å². The smallest absolute Gasteiger partial charge is 0.255 e. The third-order valence-electron chi connectivity index (χ3n) is 6.00. The van der Waals surface area contributed by atoms with Gasteiger partial charge in [-0.15, -0.1) is 0 Å². The fourth-order valence-electron chi connectivity index (χ4n) is 4.52. The van der Waals surface area contributed by atoms with Gasteiger partial charge in [0.05, 0.1) is 6.61 Å². The molecule has 8 heteroatoms. The highest BCUT2D eigenvalue weighted by atomic mass is 16.5. The van der Waals surface area contributed by atoms with Gasteiger partial charge in [0, 0.05) is 31.1 Å². The van der Waals surface area contributed by atoms with Crippen LogP contribution in [-0.4, -0.2) is 59.1 Å². The summed E-state index contributed by atoms with van der Waals surface area (Å²) < 4.78 is 6.24. The Kier molecular flexibility index (Phi) is 5.82. The van der Waals surface area contributed by atoms with E-state index < -0.39 is 11.9 Å². The monoisotopic (exact) mass is 401 g/mol. The van der Waals surface area contributed by atoms with Gasteiger partial charge >= 0.3 is 0 Å². The second-order valence-corrected chi connectivity index (χ2v) is 7.94. The van der Waals surface area contributed by atoms with Gasteiger partial charge < -0.3 is 20.1 Å². The molecule has 29 heavy (non-hydrogen) atoms. The highest BCUT2D eigenvalue weighted by Gasteiger charge is 2.39. The molecule has 1 unspecified atom stereocenters. The average molecular weight is 401 g/mol. The van der Waals surface area contributed by atoms with Crippen LogP contribution >= 0.6 is 0 Å². The summed E-state index contributed by atoms with van der Waals surface area (Å²) in [7, 11) is 0. The average Bonchev–Trinajstić information content (AvgIpc) is 3.03. The highest BCUT2D eigenvalue weighted by Crippen LogP contribution is 2.31. The van der Waals surface area contributed by atoms with Gasteiger partial charge in [-0.25, -0.2) is 0 Å². The van der Waals surface area contributed by atoms with E-state index in [4.69, 9.17) is 9.84 Å². The third-order valence-corrected chi connectivity index (χ3v) is 6.00. The van der Waals surface area contributed by atoms with Crippen molar-refractivity contribution in [1.82, 2.24) is 15.5 Å².